The number of benzene rings is 2. The smallest absolute Gasteiger partial charge is 0.387 e. The van der Waals surface area contributed by atoms with Crippen LogP contribution in [0.5, 0.6) is 0 Å². The molecule has 0 saturated carbocycles. The second kappa shape index (κ2) is 23.5. The molecule has 1 aromatic heterocycles. The monoisotopic (exact) mass is 1180 g/mol. The minimum atomic E-state index is -5.86. The fourth-order valence-electron chi connectivity index (χ4n) is 9.12. The molecule has 2 aromatic carbocycles. The molecule has 4 heterocycles. The number of hydrogen-bond acceptors (Lipinski definition) is 17. The highest BCUT2D eigenvalue weighted by atomic mass is 32.2. The number of fused-ring (bicyclic) bond motifs is 2. The van der Waals surface area contributed by atoms with Crippen LogP contribution in [0.3, 0.4) is 0 Å². The van der Waals surface area contributed by atoms with Crippen LogP contribution < -0.4 is 21.5 Å². The van der Waals surface area contributed by atoms with E-state index < -0.39 is 96.9 Å². The van der Waals surface area contributed by atoms with Gasteiger partial charge in [-0.15, -0.1) is 0 Å². The molecule has 422 valence electrons. The van der Waals surface area contributed by atoms with Crippen molar-refractivity contribution in [1.29, 1.82) is 0 Å². The molecule has 0 bridgehead atoms. The number of nitrogens with one attached hydrogen (secondary N) is 2. The quantitative estimate of drug-likeness (QED) is 0.0213. The summed E-state index contributed by atoms with van der Waals surface area (Å²) in [6.45, 7) is 9.62. The van der Waals surface area contributed by atoms with Gasteiger partial charge in [0.05, 0.1) is 27.4 Å². The highest BCUT2D eigenvalue weighted by molar-refractivity contribution is 7.86. The van der Waals surface area contributed by atoms with Crippen molar-refractivity contribution in [3.8, 4) is 0 Å². The van der Waals surface area contributed by atoms with Gasteiger partial charge in [-0.3, -0.25) is 32.8 Å². The topological polar surface area (TPSA) is 408 Å². The van der Waals surface area contributed by atoms with Crippen LogP contribution in [-0.4, -0.2) is 126 Å². The maximum atomic E-state index is 12.8. The maximum Gasteiger partial charge on any atom is 0.490 e. The molecule has 1 fully saturated rings. The van der Waals surface area contributed by atoms with Crippen molar-refractivity contribution in [2.75, 3.05) is 31.1 Å². The van der Waals surface area contributed by atoms with E-state index in [2.05, 4.69) is 27.9 Å². The molecule has 0 spiro atoms. The number of H-pyrrole nitrogens is 1. The number of aromatic amines is 1. The lowest BCUT2D eigenvalue weighted by Gasteiger charge is -2.25. The number of ether oxygens (including phenoxy) is 1. The predicted octanol–water partition coefficient (Wildman–Crippen LogP) is 3.57. The number of unbranched alkanes of at least 4 members (excludes halogenated alkanes) is 2. The lowest BCUT2D eigenvalue weighted by Crippen LogP contribution is -2.38. The summed E-state index contributed by atoms with van der Waals surface area (Å²) in [5.74, 6) is -0.329. The van der Waals surface area contributed by atoms with Crippen molar-refractivity contribution < 1.29 is 96.7 Å². The van der Waals surface area contributed by atoms with Gasteiger partial charge < -0.3 is 44.7 Å². The van der Waals surface area contributed by atoms with E-state index in [4.69, 9.17) is 14.5 Å². The molecule has 6 rings (SSSR count). The van der Waals surface area contributed by atoms with Crippen LogP contribution in [0.25, 0.3) is 6.08 Å². The molecule has 0 radical (unpaired) electrons. The van der Waals surface area contributed by atoms with Crippen LogP contribution in [0.1, 0.15) is 83.2 Å². The lowest BCUT2D eigenvalue weighted by molar-refractivity contribution is -0.438. The van der Waals surface area contributed by atoms with E-state index in [1.54, 1.807) is 12.1 Å². The average Bonchev–Trinajstić information content (AvgIpc) is 3.81. The van der Waals surface area contributed by atoms with E-state index in [0.29, 0.717) is 42.5 Å². The zero-order valence-electron chi connectivity index (χ0n) is 41.8. The molecule has 0 aliphatic carbocycles. The number of amides is 1. The molecule has 3 aliphatic rings. The van der Waals surface area contributed by atoms with Gasteiger partial charge in [0.1, 0.15) is 24.9 Å². The number of aliphatic hydroxyl groups excluding tert-OH is 2. The van der Waals surface area contributed by atoms with E-state index in [0.717, 1.165) is 34.5 Å². The first-order chi connectivity index (χ1) is 35.6. The van der Waals surface area contributed by atoms with Crippen molar-refractivity contribution in [2.24, 2.45) is 0 Å². The highest BCUT2D eigenvalue weighted by Crippen LogP contribution is 2.66. The molecule has 27 nitrogen and oxygen atoms in total. The summed E-state index contributed by atoms with van der Waals surface area (Å²) in [6, 6.07) is 8.95. The third-order valence-corrected chi connectivity index (χ3v) is 18.3. The van der Waals surface area contributed by atoms with Crippen molar-refractivity contribution in [2.45, 2.75) is 105 Å². The Kier molecular flexibility index (Phi) is 18.7. The second-order valence-corrected chi connectivity index (χ2v) is 26.1. The number of allylic oxidation sites excluding steroid dienone is 6. The fourth-order valence-corrected chi connectivity index (χ4v) is 13.2. The Morgan fingerprint density at radius 2 is 1.49 bits per heavy atom. The van der Waals surface area contributed by atoms with Gasteiger partial charge in [-0.05, 0) is 75.6 Å². The number of carbonyl (C=O) groups is 1. The van der Waals surface area contributed by atoms with Crippen LogP contribution in [0.2, 0.25) is 0 Å². The van der Waals surface area contributed by atoms with Crippen molar-refractivity contribution >= 4 is 72.8 Å². The predicted molar refractivity (Wildman–Crippen MR) is 275 cm³/mol. The van der Waals surface area contributed by atoms with E-state index in [1.165, 1.54) is 36.4 Å². The third-order valence-electron chi connectivity index (χ3n) is 12.8. The number of rotatable bonds is 23. The number of carbonyl (C=O) groups excluding carboxylic acids is 1. The van der Waals surface area contributed by atoms with Gasteiger partial charge in [-0.1, -0.05) is 44.2 Å². The molecule has 32 heteroatoms. The molecular formula is C45H59N5O22P3S2+. The Bertz CT molecular complexity index is 3450. The number of phosphoric acid groups is 3. The molecule has 6 atom stereocenters. The Hall–Kier alpha value is -4.87. The first-order valence-electron chi connectivity index (χ1n) is 23.4. The molecule has 10 N–H and O–H groups in total. The van der Waals surface area contributed by atoms with E-state index in [1.807, 2.05) is 70.0 Å². The van der Waals surface area contributed by atoms with E-state index in [-0.39, 0.29) is 34.2 Å². The maximum absolute atomic E-state index is 12.8. The highest BCUT2D eigenvalue weighted by Gasteiger charge is 2.48. The molecule has 1 saturated heterocycles. The van der Waals surface area contributed by atoms with Crippen molar-refractivity contribution in [3.05, 3.63) is 122 Å². The van der Waals surface area contributed by atoms with Gasteiger partial charge >= 0.3 is 29.2 Å². The molecule has 2 unspecified atom stereocenters. The second-order valence-electron chi connectivity index (χ2n) is 18.8. The number of phosphoric ester groups is 1. The first kappa shape index (κ1) is 61.3. The van der Waals surface area contributed by atoms with E-state index in [9.17, 15) is 74.0 Å². The standard InChI is InChI=1S/C45H58N5O22P3S2/c1-6-48-33-20-18-29(76(63,64)65)24-31(33)44(2,3)36(48)15-9-7-10-16-37-45(4,5)32-25-30(77(66,67)68)19-21-34(32)49(37)23-12-8-11-17-38(51)46-22-13-14-28-26-50(43(55)47-41(28)54)42-40(53)39(52)35(70-42)27-69-74(59,60)72-75(61,62)71-73(56,57)58/h7,9-10,13-16,18-21,24-26,35,39-40,42,52-53H,6,8,11-12,17,22-23,27H2,1-5H3,(H7-,46,47,51,54,55,56,57,58,59,60,61,62,63,64,65,66,67,68)/p+1/b14-13+/t35-,39+,40+,42-/m1/s1. The van der Waals surface area contributed by atoms with Crippen molar-refractivity contribution in [3.63, 3.8) is 0 Å². The largest absolute Gasteiger partial charge is 0.490 e. The summed E-state index contributed by atoms with van der Waals surface area (Å²) in [7, 11) is -26.1. The Morgan fingerprint density at radius 3 is 2.13 bits per heavy atom. The fraction of sp³-hybridized carbons (Fsp3) is 0.422. The first-order valence-corrected chi connectivity index (χ1v) is 30.8. The van der Waals surface area contributed by atoms with Crippen LogP contribution in [0, 0.1) is 0 Å². The van der Waals surface area contributed by atoms with Crippen LogP contribution in [0.15, 0.2) is 104 Å². The van der Waals surface area contributed by atoms with Crippen LogP contribution in [-0.2, 0) is 67.4 Å². The van der Waals surface area contributed by atoms with E-state index >= 15 is 0 Å². The summed E-state index contributed by atoms with van der Waals surface area (Å²) in [6.07, 6.45) is 7.43. The zero-order chi connectivity index (χ0) is 57.3. The number of nitrogens with zero attached hydrogens (tertiary/aromatic N) is 3. The minimum absolute atomic E-state index is 0.0666. The summed E-state index contributed by atoms with van der Waals surface area (Å²) in [5, 5.41) is 23.8. The SMILES string of the molecule is CCN1\C(=C/C=C/C=C/C2=[N+](CCCCCC(=O)NC/C=C/c3cn([C@@H]4O[C@H](COP(=O)(O)OP(=O)(O)OP(=O)(O)O)[C@H](O)[C@@H]4O)c(=O)[nH]c3=O)c3ccc(S(=O)(=O)O)cc3C2(C)C)C(C)(C)c2cc(S(=O)(=O)O)ccc21. The van der Waals surface area contributed by atoms with Gasteiger partial charge in [-0.25, -0.2) is 18.5 Å². The molecular weight excluding hydrogens is 1120 g/mol. The average molecular weight is 1180 g/mol. The summed E-state index contributed by atoms with van der Waals surface area (Å²) >= 11 is 0. The Morgan fingerprint density at radius 1 is 0.844 bits per heavy atom. The Balaban J connectivity index is 1.06. The number of aromatic nitrogens is 2. The number of aliphatic hydroxyl groups is 2. The normalized spacial score (nSPS) is 22.6. The lowest BCUT2D eigenvalue weighted by atomic mass is 9.81. The summed E-state index contributed by atoms with van der Waals surface area (Å²) < 4.78 is 122. The van der Waals surface area contributed by atoms with Crippen molar-refractivity contribution in [1.82, 2.24) is 14.9 Å². The third kappa shape index (κ3) is 14.7. The zero-order valence-corrected chi connectivity index (χ0v) is 46.2. The summed E-state index contributed by atoms with van der Waals surface area (Å²) in [5.41, 5.74) is 1.20. The van der Waals surface area contributed by atoms with Crippen LogP contribution in [0.4, 0.5) is 11.4 Å². The molecule has 1 amide bonds. The minimum Gasteiger partial charge on any atom is -0.387 e. The van der Waals surface area contributed by atoms with Crippen LogP contribution >= 0.6 is 23.5 Å². The van der Waals surface area contributed by atoms with Gasteiger partial charge in [0.25, 0.3) is 25.8 Å². The number of hydrogen-bond donors (Lipinski definition) is 10. The molecule has 3 aromatic rings. The van der Waals surface area contributed by atoms with Gasteiger partial charge in [0.2, 0.25) is 11.6 Å². The van der Waals surface area contributed by atoms with Gasteiger partial charge in [-0.2, -0.15) is 30.0 Å². The molecule has 3 aliphatic heterocycles. The van der Waals surface area contributed by atoms with Gasteiger partial charge in [0.15, 0.2) is 11.9 Å². The number of anilines is 1. The summed E-state index contributed by atoms with van der Waals surface area (Å²) in [4.78, 5) is 78.3. The molecule has 77 heavy (non-hydrogen) atoms. The van der Waals surface area contributed by atoms with Gasteiger partial charge in [0, 0.05) is 66.6 Å². The Labute approximate surface area is 441 Å². The number of likely N-dealkylation sites (N-methyl/N-ethyl adjacent to an activating group) is 1.